The van der Waals surface area contributed by atoms with Crippen molar-refractivity contribution in [3.63, 3.8) is 0 Å². The van der Waals surface area contributed by atoms with E-state index in [0.717, 1.165) is 0 Å². The van der Waals surface area contributed by atoms with Gasteiger partial charge in [0.25, 0.3) is 15.9 Å². The van der Waals surface area contributed by atoms with Crippen molar-refractivity contribution in [3.8, 4) is 11.5 Å². The van der Waals surface area contributed by atoms with E-state index in [1.165, 1.54) is 18.2 Å². The van der Waals surface area contributed by atoms with Gasteiger partial charge in [-0.15, -0.1) is 0 Å². The molecule has 0 saturated carbocycles. The number of benzene rings is 4. The molecule has 0 spiro atoms. The fraction of sp³-hybridized carbons (Fsp3) is 0. The number of hydrogen-bond donors (Lipinski definition) is 2. The lowest BCUT2D eigenvalue weighted by atomic mass is 10.2. The molecule has 0 unspecified atom stereocenters. The van der Waals surface area contributed by atoms with Crippen LogP contribution in [0.3, 0.4) is 0 Å². The molecule has 0 heterocycles. The lowest BCUT2D eigenvalue weighted by Gasteiger charge is -2.11. The molecule has 0 saturated heterocycles. The van der Waals surface area contributed by atoms with Gasteiger partial charge in [0, 0.05) is 16.9 Å². The first-order chi connectivity index (χ1) is 15.5. The largest absolute Gasteiger partial charge is 0.457 e. The van der Waals surface area contributed by atoms with E-state index in [0.29, 0.717) is 22.9 Å². The molecule has 2 N–H and O–H groups in total. The van der Waals surface area contributed by atoms with Crippen molar-refractivity contribution in [1.82, 2.24) is 0 Å². The van der Waals surface area contributed by atoms with Crippen LogP contribution in [0.15, 0.2) is 114 Å². The number of sulfonamides is 1. The number of ether oxygens (including phenoxy) is 1. The molecular formula is C25H20N2O4S. The minimum absolute atomic E-state index is 0.0113. The van der Waals surface area contributed by atoms with Gasteiger partial charge in [0.2, 0.25) is 0 Å². The SMILES string of the molecule is O=C(Nc1ccccc1)c1cccc(S(=O)(=O)Nc2ccc(Oc3ccccc3)cc2)c1. The van der Waals surface area contributed by atoms with E-state index < -0.39 is 15.9 Å². The summed E-state index contributed by atoms with van der Waals surface area (Å²) in [6.07, 6.45) is 0. The van der Waals surface area contributed by atoms with Crippen LogP contribution in [0.1, 0.15) is 10.4 Å². The Labute approximate surface area is 186 Å². The van der Waals surface area contributed by atoms with Gasteiger partial charge in [-0.3, -0.25) is 9.52 Å². The molecule has 1 amide bonds. The van der Waals surface area contributed by atoms with Crippen LogP contribution in [-0.4, -0.2) is 14.3 Å². The highest BCUT2D eigenvalue weighted by molar-refractivity contribution is 7.92. The Balaban J connectivity index is 1.46. The predicted molar refractivity (Wildman–Crippen MR) is 125 cm³/mol. The van der Waals surface area contributed by atoms with Crippen LogP contribution in [0.2, 0.25) is 0 Å². The summed E-state index contributed by atoms with van der Waals surface area (Å²) >= 11 is 0. The van der Waals surface area contributed by atoms with E-state index in [-0.39, 0.29) is 10.5 Å². The molecule has 0 radical (unpaired) electrons. The number of rotatable bonds is 7. The Morgan fingerprint density at radius 2 is 1.28 bits per heavy atom. The van der Waals surface area contributed by atoms with Gasteiger partial charge in [0.15, 0.2) is 0 Å². The smallest absolute Gasteiger partial charge is 0.261 e. The van der Waals surface area contributed by atoms with Crippen LogP contribution in [0.4, 0.5) is 11.4 Å². The van der Waals surface area contributed by atoms with Crippen LogP contribution in [0, 0.1) is 0 Å². The number of nitrogens with one attached hydrogen (secondary N) is 2. The zero-order valence-corrected chi connectivity index (χ0v) is 17.8. The highest BCUT2D eigenvalue weighted by Crippen LogP contribution is 2.24. The second-order valence-corrected chi connectivity index (χ2v) is 8.58. The molecule has 0 fully saturated rings. The molecule has 4 rings (SSSR count). The Morgan fingerprint density at radius 1 is 0.656 bits per heavy atom. The molecule has 0 aromatic heterocycles. The molecule has 0 aliphatic heterocycles. The van der Waals surface area contributed by atoms with Gasteiger partial charge in [-0.25, -0.2) is 8.42 Å². The molecule has 4 aromatic rings. The topological polar surface area (TPSA) is 84.5 Å². The fourth-order valence-corrected chi connectivity index (χ4v) is 4.06. The van der Waals surface area contributed by atoms with Crippen LogP contribution in [-0.2, 0) is 10.0 Å². The van der Waals surface area contributed by atoms with Crippen molar-refractivity contribution in [2.45, 2.75) is 4.90 Å². The minimum atomic E-state index is -3.88. The molecule has 4 aromatic carbocycles. The third-order valence-corrected chi connectivity index (χ3v) is 5.90. The summed E-state index contributed by atoms with van der Waals surface area (Å²) in [5, 5.41) is 2.74. The van der Waals surface area contributed by atoms with Crippen molar-refractivity contribution < 1.29 is 17.9 Å². The van der Waals surface area contributed by atoms with E-state index in [1.807, 2.05) is 36.4 Å². The highest BCUT2D eigenvalue weighted by Gasteiger charge is 2.17. The number of para-hydroxylation sites is 2. The summed E-state index contributed by atoms with van der Waals surface area (Å²) in [6.45, 7) is 0. The second kappa shape index (κ2) is 9.36. The minimum Gasteiger partial charge on any atom is -0.457 e. The van der Waals surface area contributed by atoms with Gasteiger partial charge in [0.1, 0.15) is 11.5 Å². The van der Waals surface area contributed by atoms with E-state index in [2.05, 4.69) is 10.0 Å². The number of hydrogen-bond acceptors (Lipinski definition) is 4. The Morgan fingerprint density at radius 3 is 1.97 bits per heavy atom. The summed E-state index contributed by atoms with van der Waals surface area (Å²) in [5.41, 5.74) is 1.24. The zero-order chi connectivity index (χ0) is 22.4. The molecular weight excluding hydrogens is 424 g/mol. The van der Waals surface area contributed by atoms with Crippen molar-refractivity contribution >= 4 is 27.3 Å². The average Bonchev–Trinajstić information content (AvgIpc) is 2.82. The number of carbonyl (C=O) groups excluding carboxylic acids is 1. The van der Waals surface area contributed by atoms with E-state index >= 15 is 0 Å². The Hall–Kier alpha value is -4.10. The van der Waals surface area contributed by atoms with Crippen LogP contribution in [0.25, 0.3) is 0 Å². The summed E-state index contributed by atoms with van der Waals surface area (Å²) in [6, 6.07) is 30.7. The quantitative estimate of drug-likeness (QED) is 0.392. The maximum atomic E-state index is 12.8. The van der Waals surface area contributed by atoms with Gasteiger partial charge in [-0.05, 0) is 66.7 Å². The van der Waals surface area contributed by atoms with Crippen molar-refractivity contribution in [1.29, 1.82) is 0 Å². The first-order valence-electron chi connectivity index (χ1n) is 9.82. The Kier molecular flexibility index (Phi) is 6.19. The fourth-order valence-electron chi connectivity index (χ4n) is 2.96. The number of anilines is 2. The van der Waals surface area contributed by atoms with E-state index in [9.17, 15) is 13.2 Å². The number of carbonyl (C=O) groups is 1. The number of amides is 1. The first-order valence-corrected chi connectivity index (χ1v) is 11.3. The maximum Gasteiger partial charge on any atom is 0.261 e. The Bertz CT molecular complexity index is 1310. The molecule has 32 heavy (non-hydrogen) atoms. The molecule has 0 bridgehead atoms. The van der Waals surface area contributed by atoms with Gasteiger partial charge < -0.3 is 10.1 Å². The van der Waals surface area contributed by atoms with Gasteiger partial charge in [0.05, 0.1) is 4.90 Å². The summed E-state index contributed by atoms with van der Waals surface area (Å²) in [7, 11) is -3.88. The lowest BCUT2D eigenvalue weighted by Crippen LogP contribution is -2.16. The molecule has 160 valence electrons. The standard InChI is InChI=1S/C25H20N2O4S/c28-25(26-20-9-3-1-4-10-20)19-8-7-13-24(18-19)32(29,30)27-21-14-16-23(17-15-21)31-22-11-5-2-6-12-22/h1-18,27H,(H,26,28). The van der Waals surface area contributed by atoms with Crippen LogP contribution in [0.5, 0.6) is 11.5 Å². The lowest BCUT2D eigenvalue weighted by molar-refractivity contribution is 0.102. The molecule has 6 nitrogen and oxygen atoms in total. The van der Waals surface area contributed by atoms with Gasteiger partial charge in [-0.2, -0.15) is 0 Å². The monoisotopic (exact) mass is 444 g/mol. The third kappa shape index (κ3) is 5.33. The van der Waals surface area contributed by atoms with E-state index in [1.54, 1.807) is 54.6 Å². The predicted octanol–water partition coefficient (Wildman–Crippen LogP) is 5.53. The zero-order valence-electron chi connectivity index (χ0n) is 16.9. The van der Waals surface area contributed by atoms with Crippen molar-refractivity contribution in [3.05, 3.63) is 115 Å². The van der Waals surface area contributed by atoms with Crippen molar-refractivity contribution in [2.75, 3.05) is 10.0 Å². The van der Waals surface area contributed by atoms with Gasteiger partial charge in [-0.1, -0.05) is 42.5 Å². The maximum absolute atomic E-state index is 12.8. The van der Waals surface area contributed by atoms with Crippen LogP contribution >= 0.6 is 0 Å². The highest BCUT2D eigenvalue weighted by atomic mass is 32.2. The van der Waals surface area contributed by atoms with Crippen LogP contribution < -0.4 is 14.8 Å². The van der Waals surface area contributed by atoms with Gasteiger partial charge >= 0.3 is 0 Å². The third-order valence-electron chi connectivity index (χ3n) is 4.52. The summed E-state index contributed by atoms with van der Waals surface area (Å²) < 4.78 is 33.9. The molecule has 7 heteroatoms. The summed E-state index contributed by atoms with van der Waals surface area (Å²) in [5.74, 6) is 0.876. The summed E-state index contributed by atoms with van der Waals surface area (Å²) in [4.78, 5) is 12.5. The average molecular weight is 445 g/mol. The molecule has 0 aliphatic carbocycles. The van der Waals surface area contributed by atoms with Crippen molar-refractivity contribution in [2.24, 2.45) is 0 Å². The molecule has 0 aliphatic rings. The molecule has 0 atom stereocenters. The second-order valence-electron chi connectivity index (χ2n) is 6.89. The van der Waals surface area contributed by atoms with E-state index in [4.69, 9.17) is 4.74 Å². The first kappa shape index (κ1) is 21.1. The normalized spacial score (nSPS) is 10.9.